The van der Waals surface area contributed by atoms with Crippen LogP contribution in [0.1, 0.15) is 6.92 Å². The monoisotopic (exact) mass is 146 g/mol. The molecule has 0 aromatic rings. The highest BCUT2D eigenvalue weighted by Crippen LogP contribution is 2.27. The fourth-order valence-electron chi connectivity index (χ4n) is 1.28. The average molecular weight is 146 g/mol. The Morgan fingerprint density at radius 2 is 2.20 bits per heavy atom. The molecule has 2 heterocycles. The summed E-state index contributed by atoms with van der Waals surface area (Å²) in [6, 6.07) is 0. The summed E-state index contributed by atoms with van der Waals surface area (Å²) in [4.78, 5) is 0. The first-order chi connectivity index (χ1) is 4.77. The van der Waals surface area contributed by atoms with Crippen LogP contribution in [0.4, 0.5) is 0 Å². The predicted molar refractivity (Wildman–Crippen MR) is 31.2 cm³/mol. The first-order valence-corrected chi connectivity index (χ1v) is 3.38. The third-order valence-electron chi connectivity index (χ3n) is 1.75. The molecule has 2 aliphatic heterocycles. The molecule has 0 aliphatic carbocycles. The van der Waals surface area contributed by atoms with E-state index in [0.717, 1.165) is 0 Å². The molecule has 2 fully saturated rings. The van der Waals surface area contributed by atoms with Gasteiger partial charge < -0.3 is 19.3 Å². The molecule has 0 spiro atoms. The van der Waals surface area contributed by atoms with Gasteiger partial charge in [0.2, 0.25) is 0 Å². The van der Waals surface area contributed by atoms with Crippen molar-refractivity contribution in [1.82, 2.24) is 0 Å². The SMILES string of the molecule is CC1OC2OCC(O)C2O1. The van der Waals surface area contributed by atoms with Crippen molar-refractivity contribution in [2.45, 2.75) is 31.7 Å². The molecule has 4 nitrogen and oxygen atoms in total. The van der Waals surface area contributed by atoms with Gasteiger partial charge in [0.25, 0.3) is 0 Å². The van der Waals surface area contributed by atoms with Gasteiger partial charge in [-0.05, 0) is 6.92 Å². The zero-order chi connectivity index (χ0) is 7.14. The molecular weight excluding hydrogens is 136 g/mol. The Bertz CT molecular complexity index is 138. The van der Waals surface area contributed by atoms with Gasteiger partial charge in [-0.25, -0.2) is 0 Å². The van der Waals surface area contributed by atoms with Gasteiger partial charge in [0.05, 0.1) is 6.61 Å². The van der Waals surface area contributed by atoms with Crippen LogP contribution in [0.2, 0.25) is 0 Å². The molecule has 4 unspecified atom stereocenters. The summed E-state index contributed by atoms with van der Waals surface area (Å²) in [5, 5.41) is 9.19. The smallest absolute Gasteiger partial charge is 0.189 e. The van der Waals surface area contributed by atoms with Crippen LogP contribution >= 0.6 is 0 Å². The number of aliphatic hydroxyl groups excluding tert-OH is 1. The van der Waals surface area contributed by atoms with Gasteiger partial charge in [0.1, 0.15) is 12.2 Å². The van der Waals surface area contributed by atoms with E-state index >= 15 is 0 Å². The summed E-state index contributed by atoms with van der Waals surface area (Å²) in [6.07, 6.45) is -1.38. The number of ether oxygens (including phenoxy) is 3. The van der Waals surface area contributed by atoms with Gasteiger partial charge in [0.15, 0.2) is 12.6 Å². The van der Waals surface area contributed by atoms with E-state index in [1.807, 2.05) is 0 Å². The number of hydrogen-bond acceptors (Lipinski definition) is 4. The standard InChI is InChI=1S/C6H10O4/c1-3-9-5-4(7)2-8-6(5)10-3/h3-7H,2H2,1H3. The Morgan fingerprint density at radius 1 is 1.40 bits per heavy atom. The second-order valence-corrected chi connectivity index (χ2v) is 2.57. The zero-order valence-electron chi connectivity index (χ0n) is 5.69. The Hall–Kier alpha value is -0.160. The number of fused-ring (bicyclic) bond motifs is 1. The van der Waals surface area contributed by atoms with E-state index in [1.165, 1.54) is 0 Å². The largest absolute Gasteiger partial charge is 0.388 e. The van der Waals surface area contributed by atoms with Gasteiger partial charge in [-0.1, -0.05) is 0 Å². The van der Waals surface area contributed by atoms with Crippen molar-refractivity contribution in [3.8, 4) is 0 Å². The summed E-state index contributed by atoms with van der Waals surface area (Å²) in [5.74, 6) is 0. The Labute approximate surface area is 58.7 Å². The van der Waals surface area contributed by atoms with Crippen LogP contribution in [0.15, 0.2) is 0 Å². The summed E-state index contributed by atoms with van der Waals surface area (Å²) < 4.78 is 15.4. The molecule has 4 heteroatoms. The molecule has 58 valence electrons. The van der Waals surface area contributed by atoms with Crippen LogP contribution < -0.4 is 0 Å². The van der Waals surface area contributed by atoms with Gasteiger partial charge in [-0.3, -0.25) is 0 Å². The number of hydrogen-bond donors (Lipinski definition) is 1. The maximum absolute atomic E-state index is 9.19. The van der Waals surface area contributed by atoms with E-state index in [0.29, 0.717) is 6.61 Å². The maximum Gasteiger partial charge on any atom is 0.189 e. The summed E-state index contributed by atoms with van der Waals surface area (Å²) in [7, 11) is 0. The molecule has 10 heavy (non-hydrogen) atoms. The van der Waals surface area contributed by atoms with E-state index in [1.54, 1.807) is 6.92 Å². The lowest BCUT2D eigenvalue weighted by Crippen LogP contribution is -2.27. The van der Waals surface area contributed by atoms with Gasteiger partial charge >= 0.3 is 0 Å². The van der Waals surface area contributed by atoms with E-state index < -0.39 is 6.10 Å². The molecule has 0 aromatic heterocycles. The quantitative estimate of drug-likeness (QED) is 0.499. The lowest BCUT2D eigenvalue weighted by molar-refractivity contribution is -0.137. The molecular formula is C6H10O4. The fourth-order valence-corrected chi connectivity index (χ4v) is 1.28. The molecule has 4 atom stereocenters. The van der Waals surface area contributed by atoms with E-state index in [9.17, 15) is 5.11 Å². The van der Waals surface area contributed by atoms with Crippen molar-refractivity contribution in [3.05, 3.63) is 0 Å². The first kappa shape index (κ1) is 6.54. The normalized spacial score (nSPS) is 53.4. The second kappa shape index (κ2) is 2.17. The molecule has 0 bridgehead atoms. The molecule has 0 amide bonds. The van der Waals surface area contributed by atoms with Crippen LogP contribution in [-0.2, 0) is 14.2 Å². The van der Waals surface area contributed by atoms with Gasteiger partial charge in [-0.2, -0.15) is 0 Å². The van der Waals surface area contributed by atoms with Crippen molar-refractivity contribution in [3.63, 3.8) is 0 Å². The first-order valence-electron chi connectivity index (χ1n) is 3.38. The minimum absolute atomic E-state index is 0.245. The molecule has 2 aliphatic rings. The molecule has 2 rings (SSSR count). The van der Waals surface area contributed by atoms with Crippen LogP contribution in [0.5, 0.6) is 0 Å². The summed E-state index contributed by atoms with van der Waals surface area (Å²) in [5.41, 5.74) is 0. The fraction of sp³-hybridized carbons (Fsp3) is 1.00. The Kier molecular flexibility index (Phi) is 1.42. The van der Waals surface area contributed by atoms with Crippen molar-refractivity contribution < 1.29 is 19.3 Å². The molecule has 0 saturated carbocycles. The maximum atomic E-state index is 9.19. The van der Waals surface area contributed by atoms with Crippen LogP contribution in [-0.4, -0.2) is 36.5 Å². The highest BCUT2D eigenvalue weighted by atomic mass is 16.8. The zero-order valence-corrected chi connectivity index (χ0v) is 5.69. The van der Waals surface area contributed by atoms with Crippen molar-refractivity contribution >= 4 is 0 Å². The van der Waals surface area contributed by atoms with Gasteiger partial charge in [-0.15, -0.1) is 0 Å². The minimum atomic E-state index is -0.519. The van der Waals surface area contributed by atoms with Crippen molar-refractivity contribution in [2.24, 2.45) is 0 Å². The molecule has 0 aromatic carbocycles. The lowest BCUT2D eigenvalue weighted by atomic mass is 10.2. The van der Waals surface area contributed by atoms with E-state index in [4.69, 9.17) is 14.2 Å². The van der Waals surface area contributed by atoms with Crippen LogP contribution in [0, 0.1) is 0 Å². The second-order valence-electron chi connectivity index (χ2n) is 2.57. The van der Waals surface area contributed by atoms with E-state index in [2.05, 4.69) is 0 Å². The predicted octanol–water partition coefficient (Wildman–Crippen LogP) is -0.535. The summed E-state index contributed by atoms with van der Waals surface area (Å²) in [6.45, 7) is 2.11. The van der Waals surface area contributed by atoms with E-state index in [-0.39, 0.29) is 18.7 Å². The topological polar surface area (TPSA) is 47.9 Å². The number of rotatable bonds is 0. The third kappa shape index (κ3) is 0.845. The molecule has 1 N–H and O–H groups in total. The van der Waals surface area contributed by atoms with Crippen molar-refractivity contribution in [2.75, 3.05) is 6.61 Å². The van der Waals surface area contributed by atoms with Crippen molar-refractivity contribution in [1.29, 1.82) is 0 Å². The minimum Gasteiger partial charge on any atom is -0.388 e. The molecule has 0 radical (unpaired) electrons. The summed E-state index contributed by atoms with van der Waals surface area (Å²) >= 11 is 0. The lowest BCUT2D eigenvalue weighted by Gasteiger charge is -2.07. The Balaban J connectivity index is 2.05. The highest BCUT2D eigenvalue weighted by Gasteiger charge is 2.44. The third-order valence-corrected chi connectivity index (χ3v) is 1.75. The number of aliphatic hydroxyl groups is 1. The molecule has 2 saturated heterocycles. The highest BCUT2D eigenvalue weighted by molar-refractivity contribution is 4.82. The Morgan fingerprint density at radius 3 is 2.90 bits per heavy atom. The van der Waals surface area contributed by atoms with Crippen LogP contribution in [0.3, 0.4) is 0 Å². The van der Waals surface area contributed by atoms with Crippen LogP contribution in [0.25, 0.3) is 0 Å². The van der Waals surface area contributed by atoms with Gasteiger partial charge in [0, 0.05) is 0 Å². The average Bonchev–Trinajstić information content (AvgIpc) is 2.35.